The maximum atomic E-state index is 13.5. The Balaban J connectivity index is 1.33. The largest absolute Gasteiger partial charge is 0.484 e. The molecule has 1 saturated heterocycles. The molecule has 0 spiro atoms. The van der Waals surface area contributed by atoms with Crippen molar-refractivity contribution in [1.82, 2.24) is 10.7 Å². The molecule has 3 aromatic rings. The van der Waals surface area contributed by atoms with E-state index in [2.05, 4.69) is 15.8 Å². The van der Waals surface area contributed by atoms with E-state index in [9.17, 15) is 18.0 Å². The topological polar surface area (TPSA) is 126 Å². The molecule has 2 N–H and O–H groups in total. The zero-order chi connectivity index (χ0) is 29.2. The van der Waals surface area contributed by atoms with E-state index >= 15 is 0 Å². The number of hydrogen-bond acceptors (Lipinski definition) is 7. The van der Waals surface area contributed by atoms with E-state index in [-0.39, 0.29) is 23.5 Å². The molecule has 1 aliphatic heterocycles. The SMILES string of the molecule is Cc1ccc(S(=O)(=O)N(CC(=O)N/N=C\c2ccc(OCC(=O)NC[C@H]3CCCO3)cc2)c2ccccc2C)cc1. The summed E-state index contributed by atoms with van der Waals surface area (Å²) in [6, 6.07) is 20.3. The van der Waals surface area contributed by atoms with E-state index in [1.165, 1.54) is 18.3 Å². The van der Waals surface area contributed by atoms with Gasteiger partial charge < -0.3 is 14.8 Å². The molecular formula is C30H34N4O6S. The van der Waals surface area contributed by atoms with Crippen LogP contribution < -0.4 is 19.8 Å². The third-order valence-corrected chi connectivity index (χ3v) is 8.26. The summed E-state index contributed by atoms with van der Waals surface area (Å²) in [5, 5.41) is 6.78. The number of benzene rings is 3. The minimum absolute atomic E-state index is 0.0705. The van der Waals surface area contributed by atoms with Crippen molar-refractivity contribution in [1.29, 1.82) is 0 Å². The number of nitrogens with zero attached hydrogens (tertiary/aromatic N) is 2. The van der Waals surface area contributed by atoms with E-state index in [0.29, 0.717) is 29.1 Å². The maximum absolute atomic E-state index is 13.5. The smallest absolute Gasteiger partial charge is 0.264 e. The number of hydrazone groups is 1. The van der Waals surface area contributed by atoms with E-state index < -0.39 is 22.5 Å². The Morgan fingerprint density at radius 2 is 1.76 bits per heavy atom. The fourth-order valence-electron chi connectivity index (χ4n) is 4.21. The molecule has 0 bridgehead atoms. The normalized spacial score (nSPS) is 15.0. The number of carbonyl (C=O) groups is 2. The van der Waals surface area contributed by atoms with Crippen LogP contribution in [0.2, 0.25) is 0 Å². The Hall–Kier alpha value is -4.22. The molecule has 1 aliphatic rings. The van der Waals surface area contributed by atoms with Gasteiger partial charge in [0.2, 0.25) is 0 Å². The zero-order valence-corrected chi connectivity index (χ0v) is 23.9. The Bertz CT molecular complexity index is 1470. The lowest BCUT2D eigenvalue weighted by Gasteiger charge is -2.25. The second kappa shape index (κ2) is 13.9. The summed E-state index contributed by atoms with van der Waals surface area (Å²) < 4.78 is 39.1. The van der Waals surface area contributed by atoms with Crippen LogP contribution in [0.3, 0.4) is 0 Å². The average Bonchev–Trinajstić information content (AvgIpc) is 3.49. The number of anilines is 1. The van der Waals surface area contributed by atoms with Crippen molar-refractivity contribution in [3.05, 3.63) is 89.5 Å². The molecular weight excluding hydrogens is 544 g/mol. The first kappa shape index (κ1) is 29.8. The quantitative estimate of drug-likeness (QED) is 0.251. The molecule has 216 valence electrons. The molecule has 3 aromatic carbocycles. The molecule has 0 aliphatic carbocycles. The monoisotopic (exact) mass is 578 g/mol. The number of rotatable bonds is 12. The third kappa shape index (κ3) is 8.38. The Labute approximate surface area is 240 Å². The fraction of sp³-hybridized carbons (Fsp3) is 0.300. The molecule has 41 heavy (non-hydrogen) atoms. The predicted octanol–water partition coefficient (Wildman–Crippen LogP) is 3.32. The first-order chi connectivity index (χ1) is 19.7. The Morgan fingerprint density at radius 3 is 2.44 bits per heavy atom. The zero-order valence-electron chi connectivity index (χ0n) is 23.1. The predicted molar refractivity (Wildman–Crippen MR) is 157 cm³/mol. The van der Waals surface area contributed by atoms with Gasteiger partial charge >= 0.3 is 0 Å². The number of ether oxygens (including phenoxy) is 2. The summed E-state index contributed by atoms with van der Waals surface area (Å²) >= 11 is 0. The first-order valence-corrected chi connectivity index (χ1v) is 14.7. The van der Waals surface area contributed by atoms with Crippen LogP contribution in [0.25, 0.3) is 0 Å². The van der Waals surface area contributed by atoms with Crippen molar-refractivity contribution in [2.24, 2.45) is 5.10 Å². The molecule has 1 atom stereocenters. The molecule has 4 rings (SSSR count). The summed E-state index contributed by atoms with van der Waals surface area (Å²) in [7, 11) is -4.02. The van der Waals surface area contributed by atoms with Crippen LogP contribution in [0.5, 0.6) is 5.75 Å². The van der Waals surface area contributed by atoms with Crippen LogP contribution in [0.15, 0.2) is 82.8 Å². The van der Waals surface area contributed by atoms with Crippen LogP contribution in [0, 0.1) is 13.8 Å². The third-order valence-electron chi connectivity index (χ3n) is 6.48. The first-order valence-electron chi connectivity index (χ1n) is 13.3. The number of carbonyl (C=O) groups excluding carboxylic acids is 2. The second-order valence-corrected chi connectivity index (χ2v) is 11.6. The number of hydrogen-bond donors (Lipinski definition) is 2. The Morgan fingerprint density at radius 1 is 1.02 bits per heavy atom. The lowest BCUT2D eigenvalue weighted by atomic mass is 10.2. The van der Waals surface area contributed by atoms with Gasteiger partial charge in [0, 0.05) is 13.2 Å². The lowest BCUT2D eigenvalue weighted by Crippen LogP contribution is -2.40. The van der Waals surface area contributed by atoms with Gasteiger partial charge in [-0.25, -0.2) is 13.8 Å². The van der Waals surface area contributed by atoms with E-state index in [1.54, 1.807) is 67.6 Å². The lowest BCUT2D eigenvalue weighted by molar-refractivity contribution is -0.123. The van der Waals surface area contributed by atoms with Crippen LogP contribution >= 0.6 is 0 Å². The van der Waals surface area contributed by atoms with Crippen molar-refractivity contribution < 1.29 is 27.5 Å². The van der Waals surface area contributed by atoms with Gasteiger partial charge in [-0.2, -0.15) is 5.10 Å². The molecule has 11 heteroatoms. The molecule has 1 fully saturated rings. The highest BCUT2D eigenvalue weighted by Crippen LogP contribution is 2.26. The molecule has 0 saturated carbocycles. The number of amides is 2. The van der Waals surface area contributed by atoms with E-state index in [0.717, 1.165) is 29.3 Å². The van der Waals surface area contributed by atoms with E-state index in [4.69, 9.17) is 9.47 Å². The summed E-state index contributed by atoms with van der Waals surface area (Å²) in [6.07, 6.45) is 3.46. The standard InChI is InChI=1S/C30H34N4O6S/c1-22-9-15-27(16-10-22)41(37,38)34(28-8-4-3-6-23(28)2)20-29(35)33-32-18-24-11-13-25(14-12-24)40-21-30(36)31-19-26-7-5-17-39-26/h3-4,6,8-16,18,26H,5,7,17,19-21H2,1-2H3,(H,31,36)(H,33,35)/b32-18-/t26-/m1/s1. The van der Waals surface area contributed by atoms with Crippen LogP contribution in [0.1, 0.15) is 29.5 Å². The molecule has 1 heterocycles. The van der Waals surface area contributed by atoms with Gasteiger partial charge in [-0.3, -0.25) is 13.9 Å². The number of sulfonamides is 1. The minimum Gasteiger partial charge on any atom is -0.484 e. The summed E-state index contributed by atoms with van der Waals surface area (Å²) in [4.78, 5) is 24.9. The molecule has 0 unspecified atom stereocenters. The molecule has 0 aromatic heterocycles. The van der Waals surface area contributed by atoms with Gasteiger partial charge in [0.25, 0.3) is 21.8 Å². The van der Waals surface area contributed by atoms with Crippen molar-refractivity contribution >= 4 is 33.7 Å². The van der Waals surface area contributed by atoms with Crippen molar-refractivity contribution in [2.75, 3.05) is 30.6 Å². The van der Waals surface area contributed by atoms with Gasteiger partial charge in [0.1, 0.15) is 12.3 Å². The van der Waals surface area contributed by atoms with Crippen LogP contribution in [-0.2, 0) is 24.3 Å². The maximum Gasteiger partial charge on any atom is 0.264 e. The van der Waals surface area contributed by atoms with Gasteiger partial charge in [-0.1, -0.05) is 35.9 Å². The molecule has 0 radical (unpaired) electrons. The van der Waals surface area contributed by atoms with Crippen LogP contribution in [0.4, 0.5) is 5.69 Å². The van der Waals surface area contributed by atoms with Gasteiger partial charge in [-0.05, 0) is 80.3 Å². The highest BCUT2D eigenvalue weighted by molar-refractivity contribution is 7.92. The molecule has 2 amide bonds. The summed E-state index contributed by atoms with van der Waals surface area (Å²) in [5.41, 5.74) is 5.12. The minimum atomic E-state index is -4.02. The van der Waals surface area contributed by atoms with Crippen molar-refractivity contribution in [2.45, 2.75) is 37.7 Å². The fourth-order valence-corrected chi connectivity index (χ4v) is 5.69. The summed E-state index contributed by atoms with van der Waals surface area (Å²) in [6.45, 7) is 4.30. The van der Waals surface area contributed by atoms with Gasteiger partial charge in [0.15, 0.2) is 6.61 Å². The summed E-state index contributed by atoms with van der Waals surface area (Å²) in [5.74, 6) is -0.319. The number of nitrogens with one attached hydrogen (secondary N) is 2. The van der Waals surface area contributed by atoms with Crippen molar-refractivity contribution in [3.63, 3.8) is 0 Å². The number of para-hydroxylation sites is 1. The molecule has 10 nitrogen and oxygen atoms in total. The highest BCUT2D eigenvalue weighted by atomic mass is 32.2. The van der Waals surface area contributed by atoms with Gasteiger partial charge in [0.05, 0.1) is 22.9 Å². The highest BCUT2D eigenvalue weighted by Gasteiger charge is 2.28. The average molecular weight is 579 g/mol. The number of aryl methyl sites for hydroxylation is 2. The van der Waals surface area contributed by atoms with Crippen molar-refractivity contribution in [3.8, 4) is 5.75 Å². The second-order valence-electron chi connectivity index (χ2n) is 9.70. The Kier molecular flexibility index (Phi) is 10.1. The van der Waals surface area contributed by atoms with E-state index in [1.807, 2.05) is 6.92 Å². The van der Waals surface area contributed by atoms with Crippen LogP contribution in [-0.4, -0.2) is 58.9 Å². The van der Waals surface area contributed by atoms with Gasteiger partial charge in [-0.15, -0.1) is 0 Å².